The van der Waals surface area contributed by atoms with Gasteiger partial charge in [-0.25, -0.2) is 0 Å². The third-order valence-corrected chi connectivity index (χ3v) is 5.16. The summed E-state index contributed by atoms with van der Waals surface area (Å²) in [5.41, 5.74) is 3.15. The topological polar surface area (TPSA) is 79.2 Å². The minimum atomic E-state index is -0.370. The first-order chi connectivity index (χ1) is 13.1. The number of pyridine rings is 1. The second-order valence-corrected chi connectivity index (χ2v) is 6.88. The molecule has 6 nitrogen and oxygen atoms in total. The Hall–Kier alpha value is -3.15. The zero-order valence-corrected chi connectivity index (χ0v) is 15.4. The van der Waals surface area contributed by atoms with Gasteiger partial charge in [0.25, 0.3) is 11.5 Å². The number of likely N-dealkylation sites (tertiary alicyclic amines) is 1. The predicted molar refractivity (Wildman–Crippen MR) is 101 cm³/mol. The van der Waals surface area contributed by atoms with E-state index >= 15 is 0 Å². The van der Waals surface area contributed by atoms with Gasteiger partial charge in [0, 0.05) is 17.8 Å². The first-order valence-corrected chi connectivity index (χ1v) is 9.08. The van der Waals surface area contributed by atoms with Crippen LogP contribution in [0.1, 0.15) is 46.3 Å². The van der Waals surface area contributed by atoms with Gasteiger partial charge >= 0.3 is 0 Å². The number of carbonyl (C=O) groups excluding carboxylic acids is 1. The summed E-state index contributed by atoms with van der Waals surface area (Å²) in [6, 6.07) is 12.9. The van der Waals surface area contributed by atoms with Gasteiger partial charge in [0.05, 0.1) is 11.7 Å². The predicted octanol–water partition coefficient (Wildman–Crippen LogP) is 3.62. The lowest BCUT2D eigenvalue weighted by Crippen LogP contribution is -2.34. The minimum absolute atomic E-state index is 0.100. The second-order valence-electron chi connectivity index (χ2n) is 6.88. The Balaban J connectivity index is 1.65. The van der Waals surface area contributed by atoms with Crippen LogP contribution in [-0.4, -0.2) is 27.5 Å². The number of aromatic amines is 1. The number of rotatable bonds is 3. The molecule has 2 aromatic heterocycles. The van der Waals surface area contributed by atoms with Gasteiger partial charge in [0.1, 0.15) is 11.3 Å². The average Bonchev–Trinajstić information content (AvgIpc) is 3.28. The Morgan fingerprint density at radius 2 is 1.96 bits per heavy atom. The van der Waals surface area contributed by atoms with Crippen molar-refractivity contribution in [2.75, 3.05) is 6.54 Å². The van der Waals surface area contributed by atoms with Crippen molar-refractivity contribution < 1.29 is 9.32 Å². The highest BCUT2D eigenvalue weighted by Gasteiger charge is 2.35. The van der Waals surface area contributed by atoms with Crippen molar-refractivity contribution in [2.45, 2.75) is 32.7 Å². The maximum atomic E-state index is 13.1. The van der Waals surface area contributed by atoms with E-state index in [0.717, 1.165) is 35.4 Å². The van der Waals surface area contributed by atoms with Crippen LogP contribution in [0.2, 0.25) is 0 Å². The van der Waals surface area contributed by atoms with Crippen molar-refractivity contribution in [3.05, 3.63) is 75.4 Å². The van der Waals surface area contributed by atoms with E-state index in [-0.39, 0.29) is 23.1 Å². The zero-order chi connectivity index (χ0) is 19.0. The van der Waals surface area contributed by atoms with Crippen LogP contribution in [0.15, 0.2) is 51.8 Å². The first-order valence-electron chi connectivity index (χ1n) is 9.08. The second kappa shape index (κ2) is 6.87. The van der Waals surface area contributed by atoms with Crippen LogP contribution in [0.4, 0.5) is 0 Å². The Labute approximate surface area is 156 Å². The Morgan fingerprint density at radius 1 is 1.19 bits per heavy atom. The molecule has 4 rings (SSSR count). The van der Waals surface area contributed by atoms with Crippen molar-refractivity contribution in [2.24, 2.45) is 0 Å². The highest BCUT2D eigenvalue weighted by atomic mass is 16.5. The van der Waals surface area contributed by atoms with Crippen LogP contribution in [0.3, 0.4) is 0 Å². The molecule has 27 heavy (non-hydrogen) atoms. The van der Waals surface area contributed by atoms with Gasteiger partial charge in [0.15, 0.2) is 0 Å². The molecule has 0 saturated carbocycles. The van der Waals surface area contributed by atoms with Crippen LogP contribution in [0.5, 0.6) is 0 Å². The molecule has 0 bridgehead atoms. The van der Waals surface area contributed by atoms with E-state index in [1.807, 2.05) is 44.2 Å². The third kappa shape index (κ3) is 3.07. The van der Waals surface area contributed by atoms with E-state index in [4.69, 9.17) is 4.52 Å². The monoisotopic (exact) mass is 363 g/mol. The molecule has 0 spiro atoms. The molecule has 1 aliphatic rings. The molecule has 1 amide bonds. The molecule has 1 saturated heterocycles. The molecule has 3 heterocycles. The lowest BCUT2D eigenvalue weighted by Gasteiger charge is -2.24. The highest BCUT2D eigenvalue weighted by molar-refractivity contribution is 5.94. The fraction of sp³-hybridized carbons (Fsp3) is 0.286. The molecule has 1 aromatic carbocycles. The number of amides is 1. The number of hydrogen-bond donors (Lipinski definition) is 1. The maximum absolute atomic E-state index is 13.1. The Kier molecular flexibility index (Phi) is 4.39. The van der Waals surface area contributed by atoms with Gasteiger partial charge in [-0.05, 0) is 44.4 Å². The van der Waals surface area contributed by atoms with Crippen LogP contribution in [0.25, 0.3) is 11.3 Å². The molecular formula is C21H21N3O3. The highest BCUT2D eigenvalue weighted by Crippen LogP contribution is 2.36. The van der Waals surface area contributed by atoms with Crippen LogP contribution in [-0.2, 0) is 0 Å². The number of nitrogens with zero attached hydrogens (tertiary/aromatic N) is 2. The van der Waals surface area contributed by atoms with Crippen molar-refractivity contribution in [1.82, 2.24) is 15.0 Å². The zero-order valence-electron chi connectivity index (χ0n) is 15.4. The molecule has 0 radical (unpaired) electrons. The molecular weight excluding hydrogens is 342 g/mol. The maximum Gasteiger partial charge on any atom is 0.261 e. The van der Waals surface area contributed by atoms with E-state index in [1.54, 1.807) is 17.0 Å². The molecule has 1 N–H and O–H groups in total. The summed E-state index contributed by atoms with van der Waals surface area (Å²) in [5, 5.41) is 4.01. The van der Waals surface area contributed by atoms with Crippen molar-refractivity contribution >= 4 is 5.91 Å². The van der Waals surface area contributed by atoms with E-state index in [1.165, 1.54) is 0 Å². The Bertz CT molecular complexity index is 1020. The van der Waals surface area contributed by atoms with Crippen molar-refractivity contribution in [3.8, 4) is 11.3 Å². The van der Waals surface area contributed by atoms with Crippen molar-refractivity contribution in [3.63, 3.8) is 0 Å². The van der Waals surface area contributed by atoms with Gasteiger partial charge in [-0.1, -0.05) is 35.5 Å². The smallest absolute Gasteiger partial charge is 0.261 e. The number of H-pyrrole nitrogens is 1. The van der Waals surface area contributed by atoms with E-state index in [2.05, 4.69) is 10.1 Å². The number of benzene rings is 1. The fourth-order valence-electron chi connectivity index (χ4n) is 3.86. The summed E-state index contributed by atoms with van der Waals surface area (Å²) in [6.07, 6.45) is 1.73. The minimum Gasteiger partial charge on any atom is -0.361 e. The number of aryl methyl sites for hydroxylation is 2. The van der Waals surface area contributed by atoms with E-state index < -0.39 is 0 Å². The summed E-state index contributed by atoms with van der Waals surface area (Å²) in [6.45, 7) is 4.36. The molecule has 1 fully saturated rings. The molecule has 0 aliphatic carbocycles. The summed E-state index contributed by atoms with van der Waals surface area (Å²) < 4.78 is 5.27. The third-order valence-electron chi connectivity index (χ3n) is 5.16. The molecule has 1 unspecified atom stereocenters. The fourth-order valence-corrected chi connectivity index (χ4v) is 3.86. The lowest BCUT2D eigenvalue weighted by molar-refractivity contribution is 0.0733. The van der Waals surface area contributed by atoms with E-state index in [0.29, 0.717) is 12.2 Å². The quantitative estimate of drug-likeness (QED) is 0.771. The molecule has 138 valence electrons. The summed E-state index contributed by atoms with van der Waals surface area (Å²) in [7, 11) is 0. The summed E-state index contributed by atoms with van der Waals surface area (Å²) in [5.74, 6) is 0.476. The van der Waals surface area contributed by atoms with Gasteiger partial charge in [-0.2, -0.15) is 0 Å². The van der Waals surface area contributed by atoms with Gasteiger partial charge < -0.3 is 14.4 Å². The number of aromatic nitrogens is 2. The van der Waals surface area contributed by atoms with Crippen molar-refractivity contribution in [1.29, 1.82) is 0 Å². The number of nitrogens with one attached hydrogen (secondary N) is 1. The van der Waals surface area contributed by atoms with Crippen LogP contribution in [0, 0.1) is 13.8 Å². The van der Waals surface area contributed by atoms with Gasteiger partial charge in [-0.15, -0.1) is 0 Å². The first kappa shape index (κ1) is 17.3. The van der Waals surface area contributed by atoms with Gasteiger partial charge in [-0.3, -0.25) is 9.59 Å². The lowest BCUT2D eigenvalue weighted by atomic mass is 10.0. The van der Waals surface area contributed by atoms with E-state index in [9.17, 15) is 9.59 Å². The SMILES string of the molecule is Cc1noc(C)c1C1CCCN1C(=O)c1ccc(-c2ccccc2)[nH]c1=O. The summed E-state index contributed by atoms with van der Waals surface area (Å²) in [4.78, 5) is 30.3. The number of hydrogen-bond acceptors (Lipinski definition) is 4. The normalized spacial score (nSPS) is 16.7. The average molecular weight is 363 g/mol. The standard InChI is InChI=1S/C21H21N3O3/c1-13-19(14(2)27-23-13)18-9-6-12-24(18)21(26)16-10-11-17(22-20(16)25)15-7-4-3-5-8-15/h3-5,7-8,10-11,18H,6,9,12H2,1-2H3,(H,22,25). The molecule has 1 atom stereocenters. The van der Waals surface area contributed by atoms with Crippen LogP contribution < -0.4 is 5.56 Å². The Morgan fingerprint density at radius 3 is 2.63 bits per heavy atom. The molecule has 3 aromatic rings. The largest absolute Gasteiger partial charge is 0.361 e. The summed E-state index contributed by atoms with van der Waals surface area (Å²) >= 11 is 0. The molecule has 6 heteroatoms. The van der Waals surface area contributed by atoms with Crippen LogP contribution >= 0.6 is 0 Å². The number of carbonyl (C=O) groups is 1. The van der Waals surface area contributed by atoms with Gasteiger partial charge in [0.2, 0.25) is 0 Å². The molecule has 1 aliphatic heterocycles.